The smallest absolute Gasteiger partial charge is 0.275 e. The van der Waals surface area contributed by atoms with Crippen molar-refractivity contribution in [3.8, 4) is 0 Å². The molecule has 1 N–H and O–H groups in total. The first-order valence-electron chi connectivity index (χ1n) is 7.86. The van der Waals surface area contributed by atoms with Gasteiger partial charge in [0.1, 0.15) is 23.1 Å². The van der Waals surface area contributed by atoms with Gasteiger partial charge in [0.15, 0.2) is 0 Å². The van der Waals surface area contributed by atoms with E-state index in [9.17, 15) is 13.6 Å². The summed E-state index contributed by atoms with van der Waals surface area (Å²) in [5, 5.41) is 2.36. The zero-order chi connectivity index (χ0) is 17.1. The van der Waals surface area contributed by atoms with Gasteiger partial charge in [-0.15, -0.1) is 0 Å². The maximum Gasteiger partial charge on any atom is 0.275 e. The van der Waals surface area contributed by atoms with E-state index in [-0.39, 0.29) is 11.4 Å². The molecule has 7 heteroatoms. The maximum absolute atomic E-state index is 13.6. The van der Waals surface area contributed by atoms with E-state index in [1.165, 1.54) is 18.7 Å². The molecule has 1 saturated heterocycles. The van der Waals surface area contributed by atoms with Crippen LogP contribution in [0.5, 0.6) is 0 Å². The van der Waals surface area contributed by atoms with Crippen LogP contribution in [0, 0.1) is 17.6 Å². The SMILES string of the molecule is CC1CCCN(c2cnc(C(=O)Nc3ccc(F)cc3F)cn2)C1. The Morgan fingerprint density at radius 3 is 2.79 bits per heavy atom. The normalized spacial score (nSPS) is 17.6. The van der Waals surface area contributed by atoms with Gasteiger partial charge in [0, 0.05) is 19.2 Å². The Kier molecular flexibility index (Phi) is 4.69. The van der Waals surface area contributed by atoms with Crippen molar-refractivity contribution in [2.45, 2.75) is 19.8 Å². The number of rotatable bonds is 3. The molecule has 1 unspecified atom stereocenters. The van der Waals surface area contributed by atoms with Gasteiger partial charge in [0.05, 0.1) is 18.1 Å². The van der Waals surface area contributed by atoms with Crippen molar-refractivity contribution >= 4 is 17.4 Å². The number of carbonyl (C=O) groups is 1. The summed E-state index contributed by atoms with van der Waals surface area (Å²) in [6.07, 6.45) is 5.22. The average Bonchev–Trinajstić information content (AvgIpc) is 2.57. The molecule has 0 spiro atoms. The molecule has 0 saturated carbocycles. The Hall–Kier alpha value is -2.57. The number of amides is 1. The van der Waals surface area contributed by atoms with Crippen LogP contribution in [0.3, 0.4) is 0 Å². The summed E-state index contributed by atoms with van der Waals surface area (Å²) in [7, 11) is 0. The van der Waals surface area contributed by atoms with Gasteiger partial charge in [-0.05, 0) is 30.9 Å². The number of benzene rings is 1. The lowest BCUT2D eigenvalue weighted by atomic mass is 10.0. The van der Waals surface area contributed by atoms with E-state index in [1.807, 2.05) is 0 Å². The van der Waals surface area contributed by atoms with Gasteiger partial charge < -0.3 is 10.2 Å². The number of nitrogens with zero attached hydrogens (tertiary/aromatic N) is 3. The van der Waals surface area contributed by atoms with Crippen molar-refractivity contribution in [3.63, 3.8) is 0 Å². The fourth-order valence-electron chi connectivity index (χ4n) is 2.78. The number of hydrogen-bond donors (Lipinski definition) is 1. The predicted molar refractivity (Wildman–Crippen MR) is 87.0 cm³/mol. The van der Waals surface area contributed by atoms with E-state index in [1.54, 1.807) is 6.20 Å². The summed E-state index contributed by atoms with van der Waals surface area (Å²) in [4.78, 5) is 22.6. The first kappa shape index (κ1) is 16.3. The lowest BCUT2D eigenvalue weighted by Gasteiger charge is -2.31. The molecule has 5 nitrogen and oxygen atoms in total. The van der Waals surface area contributed by atoms with E-state index in [4.69, 9.17) is 0 Å². The fourth-order valence-corrected chi connectivity index (χ4v) is 2.78. The topological polar surface area (TPSA) is 58.1 Å². The lowest BCUT2D eigenvalue weighted by molar-refractivity contribution is 0.102. The van der Waals surface area contributed by atoms with Gasteiger partial charge in [0.2, 0.25) is 0 Å². The minimum absolute atomic E-state index is 0.0764. The molecule has 0 aliphatic carbocycles. The molecule has 2 aromatic rings. The minimum atomic E-state index is -0.838. The molecule has 1 atom stereocenters. The molecule has 1 aliphatic rings. The Morgan fingerprint density at radius 1 is 1.29 bits per heavy atom. The second kappa shape index (κ2) is 6.90. The molecule has 126 valence electrons. The number of piperidine rings is 1. The summed E-state index contributed by atoms with van der Waals surface area (Å²) in [5.41, 5.74) is -0.0235. The summed E-state index contributed by atoms with van der Waals surface area (Å²) >= 11 is 0. The number of nitrogens with one attached hydrogen (secondary N) is 1. The number of halogens is 2. The molecule has 3 rings (SSSR count). The van der Waals surface area contributed by atoms with E-state index in [0.717, 1.165) is 31.4 Å². The molecule has 1 aliphatic heterocycles. The summed E-state index contributed by atoms with van der Waals surface area (Å²) in [5.74, 6) is -0.803. The summed E-state index contributed by atoms with van der Waals surface area (Å²) in [6, 6.07) is 2.95. The Morgan fingerprint density at radius 2 is 2.12 bits per heavy atom. The molecule has 1 aromatic carbocycles. The zero-order valence-corrected chi connectivity index (χ0v) is 13.3. The van der Waals surface area contributed by atoms with Gasteiger partial charge in [-0.25, -0.2) is 18.7 Å². The van der Waals surface area contributed by atoms with E-state index in [2.05, 4.69) is 27.1 Å². The van der Waals surface area contributed by atoms with Crippen LogP contribution in [0.4, 0.5) is 20.3 Å². The molecule has 0 bridgehead atoms. The van der Waals surface area contributed by atoms with Crippen LogP contribution in [-0.2, 0) is 0 Å². The van der Waals surface area contributed by atoms with Crippen LogP contribution >= 0.6 is 0 Å². The highest BCUT2D eigenvalue weighted by Gasteiger charge is 2.18. The molecule has 2 heterocycles. The number of aromatic nitrogens is 2. The number of hydrogen-bond acceptors (Lipinski definition) is 4. The third-order valence-electron chi connectivity index (χ3n) is 4.03. The van der Waals surface area contributed by atoms with Crippen molar-refractivity contribution in [2.75, 3.05) is 23.3 Å². The Balaban J connectivity index is 1.69. The van der Waals surface area contributed by atoms with Gasteiger partial charge >= 0.3 is 0 Å². The second-order valence-corrected chi connectivity index (χ2v) is 6.03. The standard InChI is InChI=1S/C17H18F2N4O/c1-11-3-2-6-23(10-11)16-9-20-15(8-21-16)17(24)22-14-5-4-12(18)7-13(14)19/h4-5,7-9,11H,2-3,6,10H2,1H3,(H,22,24). The van der Waals surface area contributed by atoms with Gasteiger partial charge in [-0.3, -0.25) is 4.79 Å². The van der Waals surface area contributed by atoms with Crippen molar-refractivity contribution in [2.24, 2.45) is 5.92 Å². The van der Waals surface area contributed by atoms with Gasteiger partial charge in [-0.1, -0.05) is 6.92 Å². The first-order chi connectivity index (χ1) is 11.5. The average molecular weight is 332 g/mol. The zero-order valence-electron chi connectivity index (χ0n) is 13.3. The largest absolute Gasteiger partial charge is 0.355 e. The maximum atomic E-state index is 13.6. The highest BCUT2D eigenvalue weighted by atomic mass is 19.1. The number of carbonyl (C=O) groups excluding carboxylic acids is 1. The van der Waals surface area contributed by atoms with Crippen LogP contribution in [-0.4, -0.2) is 29.0 Å². The second-order valence-electron chi connectivity index (χ2n) is 6.03. The molecular weight excluding hydrogens is 314 g/mol. The molecular formula is C17H18F2N4O. The predicted octanol–water partition coefficient (Wildman–Crippen LogP) is 3.24. The lowest BCUT2D eigenvalue weighted by Crippen LogP contribution is -2.35. The molecule has 1 aromatic heterocycles. The molecule has 0 radical (unpaired) electrons. The fraction of sp³-hybridized carbons (Fsp3) is 0.353. The summed E-state index contributed by atoms with van der Waals surface area (Å²) in [6.45, 7) is 4.03. The van der Waals surface area contributed by atoms with Crippen molar-refractivity contribution in [1.29, 1.82) is 0 Å². The monoisotopic (exact) mass is 332 g/mol. The summed E-state index contributed by atoms with van der Waals surface area (Å²) < 4.78 is 26.4. The van der Waals surface area contributed by atoms with Gasteiger partial charge in [-0.2, -0.15) is 0 Å². The Bertz CT molecular complexity index is 736. The van der Waals surface area contributed by atoms with Crippen LogP contribution in [0.1, 0.15) is 30.3 Å². The third-order valence-corrected chi connectivity index (χ3v) is 4.03. The van der Waals surface area contributed by atoms with Gasteiger partial charge in [0.25, 0.3) is 5.91 Å². The van der Waals surface area contributed by atoms with E-state index < -0.39 is 17.5 Å². The quantitative estimate of drug-likeness (QED) is 0.937. The van der Waals surface area contributed by atoms with E-state index >= 15 is 0 Å². The third kappa shape index (κ3) is 3.67. The van der Waals surface area contributed by atoms with Crippen LogP contribution in [0.25, 0.3) is 0 Å². The molecule has 1 amide bonds. The van der Waals surface area contributed by atoms with Crippen molar-refractivity contribution in [1.82, 2.24) is 9.97 Å². The van der Waals surface area contributed by atoms with E-state index in [0.29, 0.717) is 12.0 Å². The van der Waals surface area contributed by atoms with Crippen LogP contribution < -0.4 is 10.2 Å². The Labute approximate surface area is 138 Å². The number of anilines is 2. The van der Waals surface area contributed by atoms with Crippen LogP contribution in [0.15, 0.2) is 30.6 Å². The first-order valence-corrected chi connectivity index (χ1v) is 7.86. The molecule has 1 fully saturated rings. The van der Waals surface area contributed by atoms with Crippen molar-refractivity contribution < 1.29 is 13.6 Å². The highest BCUT2D eigenvalue weighted by molar-refractivity contribution is 6.02. The minimum Gasteiger partial charge on any atom is -0.355 e. The van der Waals surface area contributed by atoms with Crippen LogP contribution in [0.2, 0.25) is 0 Å². The molecule has 24 heavy (non-hydrogen) atoms. The highest BCUT2D eigenvalue weighted by Crippen LogP contribution is 2.21. The van der Waals surface area contributed by atoms with Crippen molar-refractivity contribution in [3.05, 3.63) is 47.9 Å².